The fraction of sp³-hybridized carbons (Fsp3) is 0.500. The van der Waals surface area contributed by atoms with Crippen molar-refractivity contribution in [1.29, 1.82) is 0 Å². The van der Waals surface area contributed by atoms with Crippen LogP contribution in [0.4, 0.5) is 0 Å². The Morgan fingerprint density at radius 1 is 1.71 bits per heavy atom. The normalized spacial score (nSPS) is 8.43. The third kappa shape index (κ3) is 5.48. The highest BCUT2D eigenvalue weighted by Crippen LogP contribution is 1.71. The van der Waals surface area contributed by atoms with Crippen molar-refractivity contribution in [3.63, 3.8) is 0 Å². The van der Waals surface area contributed by atoms with Gasteiger partial charge < -0.3 is 4.90 Å². The molecule has 1 nitrogen and oxygen atoms in total. The van der Waals surface area contributed by atoms with Gasteiger partial charge in [-0.1, -0.05) is 6.58 Å². The molecule has 7 heavy (non-hydrogen) atoms. The Balaban J connectivity index is 3.13. The molecule has 1 heteroatoms. The van der Waals surface area contributed by atoms with Gasteiger partial charge in [0, 0.05) is 6.54 Å². The molecule has 0 bridgehead atoms. The Hall–Kier alpha value is -0.520. The minimum absolute atomic E-state index is 0.934. The van der Waals surface area contributed by atoms with E-state index in [2.05, 4.69) is 17.2 Å². The average Bonchev–Trinajstić information content (AvgIpc) is 1.61. The first-order valence-electron chi connectivity index (χ1n) is 2.26. The SMILES string of the molecule is C=C=CCN(C)C. The Morgan fingerprint density at radius 3 is 2.43 bits per heavy atom. The number of rotatable bonds is 2. The van der Waals surface area contributed by atoms with Crippen LogP contribution in [0, 0.1) is 0 Å². The third-order valence-corrected chi connectivity index (χ3v) is 0.601. The van der Waals surface area contributed by atoms with Crippen molar-refractivity contribution >= 4 is 0 Å². The zero-order valence-corrected chi connectivity index (χ0v) is 4.94. The van der Waals surface area contributed by atoms with Crippen molar-refractivity contribution < 1.29 is 0 Å². The highest BCUT2D eigenvalue weighted by atomic mass is 15.0. The molecule has 0 heterocycles. The van der Waals surface area contributed by atoms with Gasteiger partial charge in [-0.25, -0.2) is 0 Å². The van der Waals surface area contributed by atoms with Gasteiger partial charge in [-0.2, -0.15) is 0 Å². The first-order valence-corrected chi connectivity index (χ1v) is 2.26. The van der Waals surface area contributed by atoms with E-state index in [9.17, 15) is 0 Å². The Labute approximate surface area is 44.9 Å². The summed E-state index contributed by atoms with van der Waals surface area (Å²) in [5.74, 6) is 0. The molecule has 0 aromatic rings. The number of likely N-dealkylation sites (N-methyl/N-ethyl adjacent to an activating group) is 1. The number of hydrogen-bond donors (Lipinski definition) is 0. The summed E-state index contributed by atoms with van der Waals surface area (Å²) in [5.41, 5.74) is 2.68. The van der Waals surface area contributed by atoms with Gasteiger partial charge in [0.2, 0.25) is 0 Å². The summed E-state index contributed by atoms with van der Waals surface area (Å²) in [5, 5.41) is 0. The summed E-state index contributed by atoms with van der Waals surface area (Å²) >= 11 is 0. The van der Waals surface area contributed by atoms with Crippen molar-refractivity contribution in [2.75, 3.05) is 20.6 Å². The minimum Gasteiger partial charge on any atom is -0.305 e. The molecule has 0 aromatic heterocycles. The van der Waals surface area contributed by atoms with E-state index in [-0.39, 0.29) is 0 Å². The first-order chi connectivity index (χ1) is 3.27. The third-order valence-electron chi connectivity index (χ3n) is 0.601. The number of hydrogen-bond acceptors (Lipinski definition) is 1. The number of nitrogens with zero attached hydrogens (tertiary/aromatic N) is 1. The van der Waals surface area contributed by atoms with E-state index in [1.165, 1.54) is 0 Å². The van der Waals surface area contributed by atoms with Crippen molar-refractivity contribution in [3.8, 4) is 0 Å². The molecule has 0 aliphatic carbocycles. The summed E-state index contributed by atoms with van der Waals surface area (Å²) in [7, 11) is 4.02. The fourth-order valence-electron chi connectivity index (χ4n) is 0.247. The van der Waals surface area contributed by atoms with Crippen LogP contribution in [0.25, 0.3) is 0 Å². The predicted octanol–water partition coefficient (Wildman–Crippen LogP) is 0.889. The van der Waals surface area contributed by atoms with E-state index >= 15 is 0 Å². The zero-order chi connectivity index (χ0) is 5.70. The maximum Gasteiger partial charge on any atom is 0.0231 e. The second-order valence-electron chi connectivity index (χ2n) is 1.67. The molecule has 40 valence electrons. The van der Waals surface area contributed by atoms with Crippen LogP contribution in [0.1, 0.15) is 0 Å². The van der Waals surface area contributed by atoms with Gasteiger partial charge >= 0.3 is 0 Å². The molecule has 0 radical (unpaired) electrons. The molecule has 0 unspecified atom stereocenters. The molecule has 0 aliphatic rings. The molecule has 0 saturated heterocycles. The van der Waals surface area contributed by atoms with Crippen LogP contribution in [0.2, 0.25) is 0 Å². The fourth-order valence-corrected chi connectivity index (χ4v) is 0.247. The summed E-state index contributed by atoms with van der Waals surface area (Å²) < 4.78 is 0. The maximum absolute atomic E-state index is 3.43. The molecule has 0 N–H and O–H groups in total. The lowest BCUT2D eigenvalue weighted by molar-refractivity contribution is 0.457. The first kappa shape index (κ1) is 6.48. The summed E-state index contributed by atoms with van der Waals surface area (Å²) in [4.78, 5) is 2.05. The van der Waals surface area contributed by atoms with Crippen molar-refractivity contribution in [1.82, 2.24) is 4.90 Å². The second-order valence-corrected chi connectivity index (χ2v) is 1.67. The van der Waals surface area contributed by atoms with E-state index < -0.39 is 0 Å². The Bertz CT molecular complexity index is 78.2. The average molecular weight is 97.2 g/mol. The van der Waals surface area contributed by atoms with Crippen LogP contribution in [-0.2, 0) is 0 Å². The molecule has 0 aromatic carbocycles. The molecular weight excluding hydrogens is 86.1 g/mol. The highest BCUT2D eigenvalue weighted by Gasteiger charge is 1.76. The van der Waals surface area contributed by atoms with Crippen LogP contribution in [0.15, 0.2) is 18.4 Å². The predicted molar refractivity (Wildman–Crippen MR) is 32.3 cm³/mol. The molecule has 0 rings (SSSR count). The molecular formula is C6H11N. The van der Waals surface area contributed by atoms with Gasteiger partial charge in [0.1, 0.15) is 0 Å². The molecule has 0 atom stereocenters. The summed E-state index contributed by atoms with van der Waals surface area (Å²) in [6, 6.07) is 0. The van der Waals surface area contributed by atoms with Gasteiger partial charge in [0.25, 0.3) is 0 Å². The summed E-state index contributed by atoms with van der Waals surface area (Å²) in [6.07, 6.45) is 1.89. The largest absolute Gasteiger partial charge is 0.305 e. The van der Waals surface area contributed by atoms with E-state index in [4.69, 9.17) is 0 Å². The smallest absolute Gasteiger partial charge is 0.0231 e. The van der Waals surface area contributed by atoms with E-state index in [0.717, 1.165) is 6.54 Å². The summed E-state index contributed by atoms with van der Waals surface area (Å²) in [6.45, 7) is 4.36. The van der Waals surface area contributed by atoms with Gasteiger partial charge in [-0.15, -0.1) is 5.73 Å². The topological polar surface area (TPSA) is 3.24 Å². The molecule has 0 amide bonds. The monoisotopic (exact) mass is 97.1 g/mol. The lowest BCUT2D eigenvalue weighted by Crippen LogP contribution is -2.09. The van der Waals surface area contributed by atoms with Gasteiger partial charge in [0.05, 0.1) is 0 Å². The Morgan fingerprint density at radius 2 is 2.29 bits per heavy atom. The highest BCUT2D eigenvalue weighted by molar-refractivity contribution is 4.77. The van der Waals surface area contributed by atoms with Crippen LogP contribution < -0.4 is 0 Å². The zero-order valence-electron chi connectivity index (χ0n) is 4.94. The maximum atomic E-state index is 3.43. The Kier molecular flexibility index (Phi) is 3.39. The molecule has 0 fully saturated rings. The van der Waals surface area contributed by atoms with Crippen molar-refractivity contribution in [3.05, 3.63) is 18.4 Å². The van der Waals surface area contributed by atoms with Crippen molar-refractivity contribution in [2.24, 2.45) is 0 Å². The lowest BCUT2D eigenvalue weighted by Gasteiger charge is -2.01. The second kappa shape index (κ2) is 3.66. The van der Waals surface area contributed by atoms with E-state index in [1.54, 1.807) is 0 Å². The van der Waals surface area contributed by atoms with E-state index in [1.807, 2.05) is 20.2 Å². The van der Waals surface area contributed by atoms with Gasteiger partial charge in [-0.05, 0) is 20.2 Å². The molecule has 0 spiro atoms. The van der Waals surface area contributed by atoms with Crippen LogP contribution >= 0.6 is 0 Å². The standard InChI is InChI=1S/C6H11N/c1-4-5-6-7(2)3/h5H,1,6H2,2-3H3. The molecule has 0 saturated carbocycles. The van der Waals surface area contributed by atoms with Crippen molar-refractivity contribution in [2.45, 2.75) is 0 Å². The van der Waals surface area contributed by atoms with Crippen LogP contribution in [0.5, 0.6) is 0 Å². The van der Waals surface area contributed by atoms with Crippen LogP contribution in [0.3, 0.4) is 0 Å². The van der Waals surface area contributed by atoms with Crippen LogP contribution in [-0.4, -0.2) is 25.5 Å². The van der Waals surface area contributed by atoms with E-state index in [0.29, 0.717) is 0 Å². The molecule has 0 aliphatic heterocycles. The van der Waals surface area contributed by atoms with Gasteiger partial charge in [0.15, 0.2) is 0 Å². The lowest BCUT2D eigenvalue weighted by atomic mass is 10.5. The van der Waals surface area contributed by atoms with Gasteiger partial charge in [-0.3, -0.25) is 0 Å². The minimum atomic E-state index is 0.934. The quantitative estimate of drug-likeness (QED) is 0.462.